The van der Waals surface area contributed by atoms with Crippen LogP contribution in [-0.4, -0.2) is 52.7 Å². The van der Waals surface area contributed by atoms with Crippen LogP contribution in [0.15, 0.2) is 48.5 Å². The van der Waals surface area contributed by atoms with Crippen LogP contribution in [0.25, 0.3) is 33.4 Å². The summed E-state index contributed by atoms with van der Waals surface area (Å²) < 4.78 is 45.6. The molecule has 0 amide bonds. The number of benzene rings is 2. The molecule has 182 valence electrons. The number of nitrogens with one attached hydrogen (secondary N) is 1. The van der Waals surface area contributed by atoms with Crippen molar-refractivity contribution in [3.05, 3.63) is 70.8 Å². The highest BCUT2D eigenvalue weighted by Crippen LogP contribution is 2.37. The molecule has 0 saturated carbocycles. The predicted molar refractivity (Wildman–Crippen MR) is 127 cm³/mol. The molecule has 0 spiro atoms. The summed E-state index contributed by atoms with van der Waals surface area (Å²) in [6.45, 7) is 0.372. The molecule has 2 aliphatic rings. The Morgan fingerprint density at radius 1 is 1.06 bits per heavy atom. The zero-order valence-corrected chi connectivity index (χ0v) is 19.3. The average Bonchev–Trinajstić information content (AvgIpc) is 3.53. The molecule has 2 saturated heterocycles. The molecule has 1 unspecified atom stereocenters. The molecular weight excluding hydrogens is 492 g/mol. The maximum atomic E-state index is 14.2. The highest BCUT2D eigenvalue weighted by atomic mass is 35.5. The van der Waals surface area contributed by atoms with Gasteiger partial charge in [-0.25, -0.2) is 13.8 Å². The number of nitrogens with zero attached hydrogens (tertiary/aromatic N) is 2. The first-order valence-corrected chi connectivity index (χ1v) is 11.6. The van der Waals surface area contributed by atoms with Gasteiger partial charge in [-0.3, -0.25) is 0 Å². The first-order chi connectivity index (χ1) is 17.4. The topological polar surface area (TPSA) is 100 Å². The van der Waals surface area contributed by atoms with Crippen molar-refractivity contribution in [2.75, 3.05) is 13.2 Å². The Kier molecular flexibility index (Phi) is 5.62. The Balaban J connectivity index is 1.34. The lowest BCUT2D eigenvalue weighted by Crippen LogP contribution is -2.34. The molecule has 7 nitrogen and oxygen atoms in total. The van der Waals surface area contributed by atoms with E-state index in [-0.39, 0.29) is 30.2 Å². The van der Waals surface area contributed by atoms with E-state index >= 15 is 0 Å². The summed E-state index contributed by atoms with van der Waals surface area (Å²) in [6.07, 6.45) is -2.13. The molecule has 2 fully saturated rings. The number of aliphatic hydroxyl groups is 1. The van der Waals surface area contributed by atoms with Crippen molar-refractivity contribution in [3.63, 3.8) is 0 Å². The van der Waals surface area contributed by atoms with E-state index in [1.807, 2.05) is 0 Å². The highest BCUT2D eigenvalue weighted by molar-refractivity contribution is 6.33. The number of aromatic nitrogens is 2. The Morgan fingerprint density at radius 2 is 1.75 bits per heavy atom. The van der Waals surface area contributed by atoms with E-state index in [0.717, 1.165) is 0 Å². The Morgan fingerprint density at radius 3 is 2.47 bits per heavy atom. The van der Waals surface area contributed by atoms with Gasteiger partial charge >= 0.3 is 0 Å². The molecule has 0 bridgehead atoms. The third kappa shape index (κ3) is 3.70. The second-order valence-corrected chi connectivity index (χ2v) is 9.06. The summed E-state index contributed by atoms with van der Waals surface area (Å²) in [4.78, 5) is 7.66. The molecule has 2 aromatic heterocycles. The lowest BCUT2D eigenvalue weighted by Gasteiger charge is -2.16. The van der Waals surface area contributed by atoms with Gasteiger partial charge in [0, 0.05) is 5.56 Å². The van der Waals surface area contributed by atoms with Gasteiger partial charge in [-0.2, -0.15) is 5.26 Å². The number of aliphatic hydroxyl groups excluding tert-OH is 1. The number of fused-ring (bicyclic) bond motifs is 2. The van der Waals surface area contributed by atoms with Gasteiger partial charge in [-0.1, -0.05) is 41.9 Å². The number of nitriles is 1. The summed E-state index contributed by atoms with van der Waals surface area (Å²) in [5.74, 6) is -1.11. The van der Waals surface area contributed by atoms with Gasteiger partial charge in [0.2, 0.25) is 5.88 Å². The SMILES string of the molecule is N#Cc1c(O[C@@H]2CO[C@@H]3C(O)CO[C@@H]32)[nH]c2cc(Cl)c(-c3ccc(-c4c(F)cccc4F)cc3)nc12. The number of halogens is 3. The number of ether oxygens (including phenoxy) is 3. The van der Waals surface area contributed by atoms with E-state index in [2.05, 4.69) is 16.0 Å². The number of hydrogen-bond donors (Lipinski definition) is 2. The summed E-state index contributed by atoms with van der Waals surface area (Å²) in [5, 5.41) is 20.1. The minimum atomic E-state index is -0.717. The third-order valence-electron chi connectivity index (χ3n) is 6.46. The maximum Gasteiger partial charge on any atom is 0.212 e. The molecular formula is C26H18ClF2N3O4. The van der Waals surface area contributed by atoms with E-state index in [9.17, 15) is 19.1 Å². The standard InChI is InChI=1S/C26H18ClF2N3O4/c27-15-8-18-23(14(9-30)26(31-18)36-20-11-35-24-19(33)10-34-25(20)24)32-22(15)13-6-4-12(5-7-13)21-16(28)2-1-3-17(21)29/h1-8,19-20,24-25,31,33H,10-11H2/t19?,20-,24-,25-/m1/s1. The fourth-order valence-electron chi connectivity index (χ4n) is 4.73. The number of hydrogen-bond acceptors (Lipinski definition) is 6. The highest BCUT2D eigenvalue weighted by Gasteiger charge is 2.48. The predicted octanol–water partition coefficient (Wildman–Crippen LogP) is 4.61. The van der Waals surface area contributed by atoms with E-state index in [4.69, 9.17) is 25.8 Å². The first kappa shape index (κ1) is 22.9. The van der Waals surface area contributed by atoms with Crippen LogP contribution in [0.2, 0.25) is 5.02 Å². The molecule has 2 aliphatic heterocycles. The largest absolute Gasteiger partial charge is 0.469 e. The van der Waals surface area contributed by atoms with Crippen molar-refractivity contribution < 1.29 is 28.1 Å². The van der Waals surface area contributed by atoms with Gasteiger partial charge in [-0.15, -0.1) is 0 Å². The molecule has 4 heterocycles. The van der Waals surface area contributed by atoms with Crippen LogP contribution in [0.4, 0.5) is 8.78 Å². The monoisotopic (exact) mass is 509 g/mol. The summed E-state index contributed by atoms with van der Waals surface area (Å²) in [6, 6.07) is 14.0. The van der Waals surface area contributed by atoms with E-state index in [1.165, 1.54) is 18.2 Å². The minimum absolute atomic E-state index is 0.116. The molecule has 2 N–H and O–H groups in total. The van der Waals surface area contributed by atoms with Crippen molar-refractivity contribution in [3.8, 4) is 34.3 Å². The van der Waals surface area contributed by atoms with Gasteiger partial charge in [0.1, 0.15) is 47.1 Å². The van der Waals surface area contributed by atoms with Crippen LogP contribution >= 0.6 is 11.6 Å². The number of rotatable bonds is 4. The van der Waals surface area contributed by atoms with Gasteiger partial charge in [-0.05, 0) is 23.8 Å². The Hall–Kier alpha value is -3.55. The van der Waals surface area contributed by atoms with Crippen molar-refractivity contribution in [1.82, 2.24) is 9.97 Å². The van der Waals surface area contributed by atoms with E-state index in [0.29, 0.717) is 32.9 Å². The molecule has 0 radical (unpaired) electrons. The normalized spacial score (nSPS) is 23.1. The molecule has 4 aromatic rings. The van der Waals surface area contributed by atoms with Gasteiger partial charge in [0.05, 0.1) is 35.0 Å². The number of aromatic amines is 1. The van der Waals surface area contributed by atoms with E-state index < -0.39 is 36.1 Å². The third-order valence-corrected chi connectivity index (χ3v) is 6.75. The summed E-state index contributed by atoms with van der Waals surface area (Å²) >= 11 is 6.52. The molecule has 2 aromatic carbocycles. The van der Waals surface area contributed by atoms with Crippen LogP contribution in [-0.2, 0) is 9.47 Å². The lowest BCUT2D eigenvalue weighted by molar-refractivity contribution is 0.00789. The molecule has 4 atom stereocenters. The minimum Gasteiger partial charge on any atom is -0.469 e. The Labute approximate surface area is 208 Å². The zero-order valence-electron chi connectivity index (χ0n) is 18.5. The van der Waals surface area contributed by atoms with E-state index in [1.54, 1.807) is 30.3 Å². The van der Waals surface area contributed by atoms with Gasteiger partial charge in [0.25, 0.3) is 0 Å². The van der Waals surface area contributed by atoms with Crippen molar-refractivity contribution in [2.24, 2.45) is 0 Å². The second kappa shape index (κ2) is 8.84. The Bertz CT molecular complexity index is 1500. The lowest BCUT2D eigenvalue weighted by atomic mass is 10.0. The number of pyridine rings is 1. The maximum absolute atomic E-state index is 14.2. The van der Waals surface area contributed by atoms with Crippen LogP contribution in [0.1, 0.15) is 5.56 Å². The quantitative estimate of drug-likeness (QED) is 0.417. The van der Waals surface area contributed by atoms with Gasteiger partial charge in [0.15, 0.2) is 6.10 Å². The summed E-state index contributed by atoms with van der Waals surface area (Å²) in [7, 11) is 0. The molecule has 36 heavy (non-hydrogen) atoms. The average molecular weight is 510 g/mol. The van der Waals surface area contributed by atoms with Gasteiger partial charge < -0.3 is 24.3 Å². The second-order valence-electron chi connectivity index (χ2n) is 8.65. The van der Waals surface area contributed by atoms with Crippen LogP contribution in [0.3, 0.4) is 0 Å². The smallest absolute Gasteiger partial charge is 0.212 e. The molecule has 0 aliphatic carbocycles. The fourth-order valence-corrected chi connectivity index (χ4v) is 4.99. The summed E-state index contributed by atoms with van der Waals surface area (Å²) in [5.41, 5.74) is 2.32. The van der Waals surface area contributed by atoms with Crippen LogP contribution in [0, 0.1) is 23.0 Å². The first-order valence-electron chi connectivity index (χ1n) is 11.2. The fraction of sp³-hybridized carbons (Fsp3) is 0.231. The van der Waals surface area contributed by atoms with Crippen molar-refractivity contribution in [1.29, 1.82) is 5.26 Å². The van der Waals surface area contributed by atoms with Crippen LogP contribution in [0.5, 0.6) is 5.88 Å². The molecule has 6 rings (SSSR count). The van der Waals surface area contributed by atoms with Crippen molar-refractivity contribution >= 4 is 22.6 Å². The molecule has 10 heteroatoms. The zero-order chi connectivity index (χ0) is 25.0. The van der Waals surface area contributed by atoms with Crippen LogP contribution < -0.4 is 4.74 Å². The van der Waals surface area contributed by atoms with Crippen molar-refractivity contribution in [2.45, 2.75) is 24.4 Å². The number of H-pyrrole nitrogens is 1.